The first-order valence-electron chi connectivity index (χ1n) is 5.55. The Morgan fingerprint density at radius 3 is 2.47 bits per heavy atom. The normalized spacial score (nSPS) is 10.2. The van der Waals surface area contributed by atoms with E-state index in [0.29, 0.717) is 16.6 Å². The van der Waals surface area contributed by atoms with Gasteiger partial charge in [-0.3, -0.25) is 4.79 Å². The molecule has 0 saturated heterocycles. The molecule has 3 nitrogen and oxygen atoms in total. The molecule has 0 spiro atoms. The summed E-state index contributed by atoms with van der Waals surface area (Å²) in [5.74, 6) is -0.110. The molecule has 2 aromatic rings. The standard InChI is InChI=1S/C14H11Cl2NO2/c15-8-9-1-4-11(5-2-9)17-14(19)12-7-10(16)3-6-13(12)18/h1-7,18H,8H2,(H,17,19). The van der Waals surface area contributed by atoms with Crippen molar-refractivity contribution in [2.45, 2.75) is 5.88 Å². The van der Waals surface area contributed by atoms with Crippen LogP contribution in [0.3, 0.4) is 0 Å². The van der Waals surface area contributed by atoms with Gasteiger partial charge in [-0.25, -0.2) is 0 Å². The Bertz CT molecular complexity index is 597. The number of hydrogen-bond donors (Lipinski definition) is 2. The van der Waals surface area contributed by atoms with Crippen molar-refractivity contribution in [2.75, 3.05) is 5.32 Å². The van der Waals surface area contributed by atoms with Gasteiger partial charge in [-0.2, -0.15) is 0 Å². The average molecular weight is 296 g/mol. The molecule has 0 aromatic heterocycles. The first-order valence-corrected chi connectivity index (χ1v) is 6.46. The summed E-state index contributed by atoms with van der Waals surface area (Å²) in [6, 6.07) is 11.4. The number of amides is 1. The van der Waals surface area contributed by atoms with Gasteiger partial charge in [0.05, 0.1) is 5.56 Å². The Morgan fingerprint density at radius 1 is 1.16 bits per heavy atom. The Labute approximate surface area is 120 Å². The van der Waals surface area contributed by atoms with Crippen LogP contribution in [0.25, 0.3) is 0 Å². The van der Waals surface area contributed by atoms with Crippen molar-refractivity contribution >= 4 is 34.8 Å². The van der Waals surface area contributed by atoms with Crippen molar-refractivity contribution in [3.8, 4) is 5.75 Å². The summed E-state index contributed by atoms with van der Waals surface area (Å²) < 4.78 is 0. The van der Waals surface area contributed by atoms with Crippen molar-refractivity contribution in [1.82, 2.24) is 0 Å². The van der Waals surface area contributed by atoms with Crippen molar-refractivity contribution < 1.29 is 9.90 Å². The quantitative estimate of drug-likeness (QED) is 0.840. The van der Waals surface area contributed by atoms with Gasteiger partial charge in [0.15, 0.2) is 0 Å². The number of alkyl halides is 1. The Morgan fingerprint density at radius 2 is 1.84 bits per heavy atom. The third-order valence-corrected chi connectivity index (χ3v) is 3.11. The molecule has 0 atom stereocenters. The molecule has 1 amide bonds. The highest BCUT2D eigenvalue weighted by Gasteiger charge is 2.11. The molecule has 2 aromatic carbocycles. The number of carbonyl (C=O) groups excluding carboxylic acids is 1. The van der Waals surface area contributed by atoms with Crippen LogP contribution in [0.4, 0.5) is 5.69 Å². The molecule has 19 heavy (non-hydrogen) atoms. The lowest BCUT2D eigenvalue weighted by molar-refractivity contribution is 0.102. The zero-order valence-corrected chi connectivity index (χ0v) is 11.4. The number of hydrogen-bond acceptors (Lipinski definition) is 2. The third kappa shape index (κ3) is 3.40. The molecule has 0 bridgehead atoms. The molecule has 2 rings (SSSR count). The first kappa shape index (κ1) is 13.7. The van der Waals surface area contributed by atoms with Crippen LogP contribution in [0.1, 0.15) is 15.9 Å². The van der Waals surface area contributed by atoms with Crippen molar-refractivity contribution in [3.05, 3.63) is 58.6 Å². The van der Waals surface area contributed by atoms with E-state index < -0.39 is 5.91 Å². The molecule has 5 heteroatoms. The smallest absolute Gasteiger partial charge is 0.259 e. The van der Waals surface area contributed by atoms with E-state index in [4.69, 9.17) is 23.2 Å². The molecule has 0 saturated carbocycles. The van der Waals surface area contributed by atoms with Gasteiger partial charge in [0.2, 0.25) is 0 Å². The number of phenolic OH excluding ortho intramolecular Hbond substituents is 1. The molecule has 0 fully saturated rings. The minimum Gasteiger partial charge on any atom is -0.507 e. The van der Waals surface area contributed by atoms with E-state index >= 15 is 0 Å². The molecule has 0 aliphatic heterocycles. The van der Waals surface area contributed by atoms with Crippen LogP contribution in [0.15, 0.2) is 42.5 Å². The largest absolute Gasteiger partial charge is 0.507 e. The highest BCUT2D eigenvalue weighted by atomic mass is 35.5. The van der Waals surface area contributed by atoms with Crippen LogP contribution < -0.4 is 5.32 Å². The number of carbonyl (C=O) groups is 1. The molecule has 98 valence electrons. The molecular weight excluding hydrogens is 285 g/mol. The van der Waals surface area contributed by atoms with E-state index in [-0.39, 0.29) is 11.3 Å². The maximum absolute atomic E-state index is 12.0. The highest BCUT2D eigenvalue weighted by Crippen LogP contribution is 2.22. The van der Waals surface area contributed by atoms with Gasteiger partial charge >= 0.3 is 0 Å². The predicted octanol–water partition coefficient (Wildman–Crippen LogP) is 4.04. The summed E-state index contributed by atoms with van der Waals surface area (Å²) in [7, 11) is 0. The third-order valence-electron chi connectivity index (χ3n) is 2.57. The van der Waals surface area contributed by atoms with E-state index in [1.807, 2.05) is 12.1 Å². The Balaban J connectivity index is 2.18. The maximum Gasteiger partial charge on any atom is 0.259 e. The van der Waals surface area contributed by atoms with E-state index in [1.54, 1.807) is 12.1 Å². The predicted molar refractivity (Wildman–Crippen MR) is 77.1 cm³/mol. The van der Waals surface area contributed by atoms with Crippen LogP contribution >= 0.6 is 23.2 Å². The zero-order chi connectivity index (χ0) is 13.8. The second kappa shape index (κ2) is 5.95. The summed E-state index contributed by atoms with van der Waals surface area (Å²) >= 11 is 11.5. The molecular formula is C14H11Cl2NO2. The minimum absolute atomic E-state index is 0.112. The van der Waals surface area contributed by atoms with Crippen LogP contribution in [-0.4, -0.2) is 11.0 Å². The molecule has 2 N–H and O–H groups in total. The van der Waals surface area contributed by atoms with Gasteiger partial charge in [-0.15, -0.1) is 11.6 Å². The summed E-state index contributed by atoms with van der Waals surface area (Å²) in [6.07, 6.45) is 0. The fraction of sp³-hybridized carbons (Fsp3) is 0.0714. The van der Waals surface area contributed by atoms with Gasteiger partial charge in [0.1, 0.15) is 5.75 Å². The average Bonchev–Trinajstić information content (AvgIpc) is 2.42. The number of phenols is 1. The second-order valence-electron chi connectivity index (χ2n) is 3.95. The first-order chi connectivity index (χ1) is 9.10. The minimum atomic E-state index is -0.418. The number of anilines is 1. The molecule has 0 aliphatic rings. The van der Waals surface area contributed by atoms with E-state index in [0.717, 1.165) is 5.56 Å². The van der Waals surface area contributed by atoms with Crippen LogP contribution in [0.5, 0.6) is 5.75 Å². The summed E-state index contributed by atoms with van der Waals surface area (Å²) in [5.41, 5.74) is 1.72. The van der Waals surface area contributed by atoms with E-state index in [9.17, 15) is 9.90 Å². The van der Waals surface area contributed by atoms with Gasteiger partial charge < -0.3 is 10.4 Å². The lowest BCUT2D eigenvalue weighted by Crippen LogP contribution is -2.12. The Kier molecular flexibility index (Phi) is 4.30. The highest BCUT2D eigenvalue weighted by molar-refractivity contribution is 6.31. The fourth-order valence-corrected chi connectivity index (χ4v) is 1.92. The molecule has 0 unspecified atom stereocenters. The van der Waals surface area contributed by atoms with Gasteiger partial charge in [-0.05, 0) is 35.9 Å². The SMILES string of the molecule is O=C(Nc1ccc(CCl)cc1)c1cc(Cl)ccc1O. The topological polar surface area (TPSA) is 49.3 Å². The number of nitrogens with one attached hydrogen (secondary N) is 1. The van der Waals surface area contributed by atoms with Crippen molar-refractivity contribution in [1.29, 1.82) is 0 Å². The Hall–Kier alpha value is -1.71. The lowest BCUT2D eigenvalue weighted by Gasteiger charge is -2.07. The van der Waals surface area contributed by atoms with Gasteiger partial charge in [-0.1, -0.05) is 23.7 Å². The number of halogens is 2. The summed E-state index contributed by atoms with van der Waals surface area (Å²) in [4.78, 5) is 12.0. The maximum atomic E-state index is 12.0. The van der Waals surface area contributed by atoms with Crippen LogP contribution in [-0.2, 0) is 5.88 Å². The number of benzene rings is 2. The van der Waals surface area contributed by atoms with Gasteiger partial charge in [0, 0.05) is 16.6 Å². The zero-order valence-electron chi connectivity index (χ0n) is 9.86. The van der Waals surface area contributed by atoms with Gasteiger partial charge in [0.25, 0.3) is 5.91 Å². The second-order valence-corrected chi connectivity index (χ2v) is 4.65. The van der Waals surface area contributed by atoms with E-state index in [2.05, 4.69) is 5.32 Å². The van der Waals surface area contributed by atoms with Crippen molar-refractivity contribution in [3.63, 3.8) is 0 Å². The monoisotopic (exact) mass is 295 g/mol. The van der Waals surface area contributed by atoms with E-state index in [1.165, 1.54) is 18.2 Å². The number of rotatable bonds is 3. The molecule has 0 aliphatic carbocycles. The van der Waals surface area contributed by atoms with Crippen LogP contribution in [0.2, 0.25) is 5.02 Å². The van der Waals surface area contributed by atoms with Crippen molar-refractivity contribution in [2.24, 2.45) is 0 Å². The number of aromatic hydroxyl groups is 1. The van der Waals surface area contributed by atoms with Crippen LogP contribution in [0, 0.1) is 0 Å². The summed E-state index contributed by atoms with van der Waals surface area (Å²) in [6.45, 7) is 0. The fourth-order valence-electron chi connectivity index (χ4n) is 1.57. The molecule has 0 heterocycles. The lowest BCUT2D eigenvalue weighted by atomic mass is 10.1. The summed E-state index contributed by atoms with van der Waals surface area (Å²) in [5, 5.41) is 12.7. The molecule has 0 radical (unpaired) electrons.